The fourth-order valence-corrected chi connectivity index (χ4v) is 2.74. The predicted molar refractivity (Wildman–Crippen MR) is 78.6 cm³/mol. The predicted octanol–water partition coefficient (Wildman–Crippen LogP) is 1.68. The molecule has 0 saturated carbocycles. The lowest BCUT2D eigenvalue weighted by Crippen LogP contribution is -2.45. The monoisotopic (exact) mass is 272 g/mol. The Labute approximate surface area is 118 Å². The molecule has 1 amide bonds. The zero-order valence-corrected chi connectivity index (χ0v) is 11.7. The summed E-state index contributed by atoms with van der Waals surface area (Å²) in [6, 6.07) is 5.60. The molecule has 1 aliphatic rings. The molecule has 1 aromatic carbocycles. The normalized spacial score (nSPS) is 22.9. The van der Waals surface area contributed by atoms with Crippen molar-refractivity contribution in [2.75, 3.05) is 19.6 Å². The number of nitrogens with one attached hydrogen (secondary N) is 3. The highest BCUT2D eigenvalue weighted by molar-refractivity contribution is 5.97. The number of fused-ring (bicyclic) bond motifs is 1. The number of rotatable bonds is 3. The van der Waals surface area contributed by atoms with E-state index in [1.165, 1.54) is 6.42 Å². The first kappa shape index (κ1) is 13.1. The minimum absolute atomic E-state index is 0.0201. The van der Waals surface area contributed by atoms with Crippen LogP contribution in [0, 0.1) is 5.41 Å². The van der Waals surface area contributed by atoms with Gasteiger partial charge in [0.05, 0.1) is 11.7 Å². The molecule has 1 aliphatic heterocycles. The van der Waals surface area contributed by atoms with Gasteiger partial charge in [0.1, 0.15) is 0 Å². The molecular weight excluding hydrogens is 252 g/mol. The van der Waals surface area contributed by atoms with Crippen molar-refractivity contribution >= 4 is 16.8 Å². The smallest absolute Gasteiger partial charge is 0.251 e. The van der Waals surface area contributed by atoms with Gasteiger partial charge in [-0.1, -0.05) is 13.0 Å². The Kier molecular flexibility index (Phi) is 3.44. The van der Waals surface area contributed by atoms with Crippen molar-refractivity contribution in [1.82, 2.24) is 20.8 Å². The average Bonchev–Trinajstić information content (AvgIpc) is 2.93. The molecule has 0 spiro atoms. The lowest BCUT2D eigenvalue weighted by atomic mass is 9.83. The molecule has 1 aromatic heterocycles. The largest absolute Gasteiger partial charge is 0.351 e. The van der Waals surface area contributed by atoms with E-state index in [1.54, 1.807) is 6.20 Å². The number of hydrogen-bond donors (Lipinski definition) is 3. The van der Waals surface area contributed by atoms with E-state index in [9.17, 15) is 4.79 Å². The van der Waals surface area contributed by atoms with Gasteiger partial charge in [0.25, 0.3) is 5.91 Å². The van der Waals surface area contributed by atoms with Gasteiger partial charge in [-0.3, -0.25) is 9.89 Å². The summed E-state index contributed by atoms with van der Waals surface area (Å²) in [7, 11) is 0. The molecule has 1 saturated heterocycles. The highest BCUT2D eigenvalue weighted by atomic mass is 16.1. The van der Waals surface area contributed by atoms with Crippen LogP contribution >= 0.6 is 0 Å². The summed E-state index contributed by atoms with van der Waals surface area (Å²) in [4.78, 5) is 12.2. The molecule has 3 N–H and O–H groups in total. The topological polar surface area (TPSA) is 69.8 Å². The average molecular weight is 272 g/mol. The minimum Gasteiger partial charge on any atom is -0.351 e. The van der Waals surface area contributed by atoms with Crippen LogP contribution in [0.1, 0.15) is 30.1 Å². The molecular formula is C15H20N4O. The van der Waals surface area contributed by atoms with Crippen molar-refractivity contribution in [2.24, 2.45) is 5.41 Å². The van der Waals surface area contributed by atoms with Gasteiger partial charge in [-0.15, -0.1) is 0 Å². The lowest BCUT2D eigenvalue weighted by Gasteiger charge is -2.34. The molecule has 20 heavy (non-hydrogen) atoms. The molecule has 0 radical (unpaired) electrons. The molecule has 5 heteroatoms. The summed E-state index contributed by atoms with van der Waals surface area (Å²) in [5.74, 6) is -0.0201. The van der Waals surface area contributed by atoms with Gasteiger partial charge in [0.15, 0.2) is 0 Å². The number of benzene rings is 1. The molecule has 1 unspecified atom stereocenters. The molecule has 106 valence electrons. The van der Waals surface area contributed by atoms with Crippen molar-refractivity contribution in [2.45, 2.75) is 19.8 Å². The number of carbonyl (C=O) groups is 1. The van der Waals surface area contributed by atoms with Crippen LogP contribution in [0.15, 0.2) is 24.4 Å². The molecule has 1 atom stereocenters. The quantitative estimate of drug-likeness (QED) is 0.796. The SMILES string of the molecule is CC1(CNC(=O)c2ccc3cn[nH]c3c2)CCCNC1. The molecule has 5 nitrogen and oxygen atoms in total. The Morgan fingerprint density at radius 2 is 2.40 bits per heavy atom. The third-order valence-electron chi connectivity index (χ3n) is 4.07. The van der Waals surface area contributed by atoms with Crippen LogP contribution < -0.4 is 10.6 Å². The highest BCUT2D eigenvalue weighted by Crippen LogP contribution is 2.24. The van der Waals surface area contributed by atoms with Crippen LogP contribution in [0.3, 0.4) is 0 Å². The van der Waals surface area contributed by atoms with Crippen LogP contribution in [0.2, 0.25) is 0 Å². The third kappa shape index (κ3) is 2.67. The number of aromatic amines is 1. The van der Waals surface area contributed by atoms with E-state index in [1.807, 2.05) is 18.2 Å². The van der Waals surface area contributed by atoms with E-state index in [0.717, 1.165) is 30.4 Å². The number of nitrogens with zero attached hydrogens (tertiary/aromatic N) is 1. The van der Waals surface area contributed by atoms with Crippen molar-refractivity contribution < 1.29 is 4.79 Å². The molecule has 1 fully saturated rings. The Balaban J connectivity index is 1.66. The molecule has 0 aliphatic carbocycles. The molecule has 0 bridgehead atoms. The number of carbonyl (C=O) groups excluding carboxylic acids is 1. The standard InChI is InChI=1S/C15H20N4O/c1-15(5-2-6-16-9-15)10-17-14(20)11-3-4-12-8-18-19-13(12)7-11/h3-4,7-8,16H,2,5-6,9-10H2,1H3,(H,17,20)(H,18,19). The summed E-state index contributed by atoms with van der Waals surface area (Å²) < 4.78 is 0. The first-order chi connectivity index (χ1) is 9.66. The Morgan fingerprint density at radius 3 is 3.20 bits per heavy atom. The van der Waals surface area contributed by atoms with Crippen LogP contribution in [-0.2, 0) is 0 Å². The van der Waals surface area contributed by atoms with E-state index >= 15 is 0 Å². The van der Waals surface area contributed by atoms with Crippen LogP contribution in [-0.4, -0.2) is 35.7 Å². The van der Waals surface area contributed by atoms with Crippen molar-refractivity contribution in [3.05, 3.63) is 30.0 Å². The van der Waals surface area contributed by atoms with Gasteiger partial charge in [-0.05, 0) is 36.9 Å². The fourth-order valence-electron chi connectivity index (χ4n) is 2.74. The van der Waals surface area contributed by atoms with E-state index < -0.39 is 0 Å². The Bertz CT molecular complexity index is 613. The summed E-state index contributed by atoms with van der Waals surface area (Å²) >= 11 is 0. The second-order valence-corrected chi connectivity index (χ2v) is 5.95. The van der Waals surface area contributed by atoms with Crippen molar-refractivity contribution in [1.29, 1.82) is 0 Å². The summed E-state index contributed by atoms with van der Waals surface area (Å²) in [6.45, 7) is 4.98. The maximum atomic E-state index is 12.2. The van der Waals surface area contributed by atoms with Gasteiger partial charge < -0.3 is 10.6 Å². The second-order valence-electron chi connectivity index (χ2n) is 5.95. The van der Waals surface area contributed by atoms with Crippen molar-refractivity contribution in [3.63, 3.8) is 0 Å². The van der Waals surface area contributed by atoms with Crippen LogP contribution in [0.5, 0.6) is 0 Å². The van der Waals surface area contributed by atoms with E-state index in [0.29, 0.717) is 12.1 Å². The fraction of sp³-hybridized carbons (Fsp3) is 0.467. The van der Waals surface area contributed by atoms with Gasteiger partial charge in [0.2, 0.25) is 0 Å². The van der Waals surface area contributed by atoms with E-state index in [4.69, 9.17) is 0 Å². The second kappa shape index (κ2) is 5.25. The first-order valence-electron chi connectivity index (χ1n) is 7.08. The number of H-pyrrole nitrogens is 1. The summed E-state index contributed by atoms with van der Waals surface area (Å²) in [6.07, 6.45) is 4.08. The van der Waals surface area contributed by atoms with Gasteiger partial charge in [-0.2, -0.15) is 5.10 Å². The number of aromatic nitrogens is 2. The van der Waals surface area contributed by atoms with Crippen LogP contribution in [0.25, 0.3) is 10.9 Å². The Morgan fingerprint density at radius 1 is 1.50 bits per heavy atom. The first-order valence-corrected chi connectivity index (χ1v) is 7.08. The Hall–Kier alpha value is -1.88. The van der Waals surface area contributed by atoms with Crippen LogP contribution in [0.4, 0.5) is 0 Å². The molecule has 3 rings (SSSR count). The van der Waals surface area contributed by atoms with E-state index in [-0.39, 0.29) is 11.3 Å². The van der Waals surface area contributed by atoms with Gasteiger partial charge in [-0.25, -0.2) is 0 Å². The molecule has 2 heterocycles. The maximum Gasteiger partial charge on any atom is 0.251 e. The molecule has 2 aromatic rings. The van der Waals surface area contributed by atoms with Gasteiger partial charge in [0, 0.05) is 24.0 Å². The summed E-state index contributed by atoms with van der Waals surface area (Å²) in [5.41, 5.74) is 1.73. The number of amides is 1. The highest BCUT2D eigenvalue weighted by Gasteiger charge is 2.27. The van der Waals surface area contributed by atoms with Gasteiger partial charge >= 0.3 is 0 Å². The third-order valence-corrected chi connectivity index (χ3v) is 4.07. The summed E-state index contributed by atoms with van der Waals surface area (Å²) in [5, 5.41) is 14.3. The number of piperidine rings is 1. The van der Waals surface area contributed by atoms with E-state index in [2.05, 4.69) is 27.8 Å². The maximum absolute atomic E-state index is 12.2. The van der Waals surface area contributed by atoms with Crippen molar-refractivity contribution in [3.8, 4) is 0 Å². The zero-order chi connectivity index (χ0) is 14.0. The minimum atomic E-state index is -0.0201. The lowest BCUT2D eigenvalue weighted by molar-refractivity contribution is 0.0925. The number of hydrogen-bond acceptors (Lipinski definition) is 3. The zero-order valence-electron chi connectivity index (χ0n) is 11.7.